The number of thioether (sulfide) groups is 1. The number of hydrogen-bond donors (Lipinski definition) is 2. The van der Waals surface area contributed by atoms with E-state index < -0.39 is 29.1 Å². The number of ether oxygens (including phenoxy) is 1. The number of nitrogens with two attached hydrogens (primary N) is 1. The van der Waals surface area contributed by atoms with Gasteiger partial charge >= 0.3 is 5.97 Å². The number of amides is 2. The molecule has 0 saturated carbocycles. The van der Waals surface area contributed by atoms with Gasteiger partial charge in [-0.15, -0.1) is 11.8 Å². The highest BCUT2D eigenvalue weighted by atomic mass is 32.2. The second-order valence-corrected chi connectivity index (χ2v) is 7.00. The highest BCUT2D eigenvalue weighted by Gasteiger charge is 2.22. The first-order chi connectivity index (χ1) is 12.4. The molecule has 0 aliphatic heterocycles. The third-order valence-electron chi connectivity index (χ3n) is 3.49. The SMILES string of the molecule is C[C@@H](OC(=O)[C@@H](C)Sc1ccccc1)C(=O)Nc1ccc(C(N)=O)cc1. The Morgan fingerprint density at radius 1 is 1.00 bits per heavy atom. The van der Waals surface area contributed by atoms with E-state index in [1.54, 1.807) is 19.1 Å². The lowest BCUT2D eigenvalue weighted by Gasteiger charge is -2.16. The van der Waals surface area contributed by atoms with Crippen LogP contribution in [0, 0.1) is 0 Å². The molecular formula is C19H20N2O4S. The molecule has 2 rings (SSSR count). The van der Waals surface area contributed by atoms with Crippen LogP contribution in [0.3, 0.4) is 0 Å². The summed E-state index contributed by atoms with van der Waals surface area (Å²) in [6, 6.07) is 15.6. The minimum Gasteiger partial charge on any atom is -0.452 e. The van der Waals surface area contributed by atoms with Gasteiger partial charge in [0.25, 0.3) is 5.91 Å². The summed E-state index contributed by atoms with van der Waals surface area (Å²) in [6.45, 7) is 3.23. The Morgan fingerprint density at radius 2 is 1.62 bits per heavy atom. The summed E-state index contributed by atoms with van der Waals surface area (Å²) in [5.74, 6) is -1.47. The topological polar surface area (TPSA) is 98.5 Å². The Kier molecular flexibility index (Phi) is 6.80. The molecule has 0 aliphatic carbocycles. The van der Waals surface area contributed by atoms with Gasteiger partial charge in [-0.3, -0.25) is 14.4 Å². The highest BCUT2D eigenvalue weighted by molar-refractivity contribution is 8.00. The van der Waals surface area contributed by atoms with Gasteiger partial charge in [0.05, 0.1) is 0 Å². The van der Waals surface area contributed by atoms with E-state index in [1.165, 1.54) is 30.8 Å². The molecule has 2 aromatic carbocycles. The van der Waals surface area contributed by atoms with Gasteiger partial charge < -0.3 is 15.8 Å². The summed E-state index contributed by atoms with van der Waals surface area (Å²) >= 11 is 1.36. The van der Waals surface area contributed by atoms with Crippen molar-refractivity contribution in [1.29, 1.82) is 0 Å². The first-order valence-corrected chi connectivity index (χ1v) is 8.87. The van der Waals surface area contributed by atoms with Gasteiger partial charge in [-0.25, -0.2) is 0 Å². The zero-order valence-corrected chi connectivity index (χ0v) is 15.3. The molecule has 0 saturated heterocycles. The Hall–Kier alpha value is -2.80. The zero-order chi connectivity index (χ0) is 19.1. The van der Waals surface area contributed by atoms with Crippen LogP contribution in [0.2, 0.25) is 0 Å². The van der Waals surface area contributed by atoms with Crippen LogP contribution in [-0.4, -0.2) is 29.1 Å². The molecule has 6 nitrogen and oxygen atoms in total. The minimum atomic E-state index is -0.947. The largest absolute Gasteiger partial charge is 0.452 e. The van der Waals surface area contributed by atoms with Crippen molar-refractivity contribution in [2.24, 2.45) is 5.73 Å². The lowest BCUT2D eigenvalue weighted by atomic mass is 10.2. The average Bonchev–Trinajstić information content (AvgIpc) is 2.62. The number of carbonyl (C=O) groups excluding carboxylic acids is 3. The van der Waals surface area contributed by atoms with E-state index in [1.807, 2.05) is 30.3 Å². The number of rotatable bonds is 7. The quantitative estimate of drug-likeness (QED) is 0.575. The molecule has 136 valence electrons. The van der Waals surface area contributed by atoms with E-state index in [-0.39, 0.29) is 0 Å². The van der Waals surface area contributed by atoms with E-state index in [2.05, 4.69) is 5.32 Å². The summed E-state index contributed by atoms with van der Waals surface area (Å²) < 4.78 is 5.23. The van der Waals surface area contributed by atoms with Crippen LogP contribution in [0.4, 0.5) is 5.69 Å². The highest BCUT2D eigenvalue weighted by Crippen LogP contribution is 2.23. The predicted molar refractivity (Wildman–Crippen MR) is 101 cm³/mol. The van der Waals surface area contributed by atoms with Crippen molar-refractivity contribution in [3.8, 4) is 0 Å². The van der Waals surface area contributed by atoms with Gasteiger partial charge in [-0.05, 0) is 50.2 Å². The van der Waals surface area contributed by atoms with Crippen LogP contribution in [0.15, 0.2) is 59.5 Å². The van der Waals surface area contributed by atoms with Crippen molar-refractivity contribution in [1.82, 2.24) is 0 Å². The standard InChI is InChI=1S/C19H20N2O4S/c1-12(18(23)21-15-10-8-14(9-11-15)17(20)22)25-19(24)13(2)26-16-6-4-3-5-7-16/h3-13H,1-2H3,(H2,20,22)(H,21,23)/t12-,13-/m1/s1. The summed E-state index contributed by atoms with van der Waals surface area (Å²) in [6.07, 6.45) is -0.947. The first kappa shape index (κ1) is 19.5. The molecule has 0 heterocycles. The number of carbonyl (C=O) groups is 3. The smallest absolute Gasteiger partial charge is 0.319 e. The molecule has 2 atom stereocenters. The van der Waals surface area contributed by atoms with Crippen LogP contribution in [0.1, 0.15) is 24.2 Å². The Morgan fingerprint density at radius 3 is 2.19 bits per heavy atom. The van der Waals surface area contributed by atoms with Gasteiger partial charge in [0.15, 0.2) is 6.10 Å². The lowest BCUT2D eigenvalue weighted by molar-refractivity contribution is -0.152. The zero-order valence-electron chi connectivity index (χ0n) is 14.5. The second-order valence-electron chi connectivity index (χ2n) is 5.58. The van der Waals surface area contributed by atoms with Crippen molar-refractivity contribution in [2.45, 2.75) is 30.1 Å². The van der Waals surface area contributed by atoms with Crippen molar-refractivity contribution < 1.29 is 19.1 Å². The number of nitrogens with one attached hydrogen (secondary N) is 1. The lowest BCUT2D eigenvalue weighted by Crippen LogP contribution is -2.32. The maximum atomic E-state index is 12.2. The average molecular weight is 372 g/mol. The first-order valence-electron chi connectivity index (χ1n) is 7.99. The second kappa shape index (κ2) is 9.05. The molecule has 0 spiro atoms. The monoisotopic (exact) mass is 372 g/mol. The number of primary amides is 1. The van der Waals surface area contributed by atoms with Gasteiger partial charge in [-0.2, -0.15) is 0 Å². The van der Waals surface area contributed by atoms with Crippen LogP contribution in [0.25, 0.3) is 0 Å². The van der Waals surface area contributed by atoms with E-state index in [0.29, 0.717) is 11.3 Å². The molecule has 0 aliphatic rings. The fourth-order valence-corrected chi connectivity index (χ4v) is 2.91. The van der Waals surface area contributed by atoms with Crippen LogP contribution >= 0.6 is 11.8 Å². The number of hydrogen-bond acceptors (Lipinski definition) is 5. The van der Waals surface area contributed by atoms with Gasteiger partial charge in [-0.1, -0.05) is 18.2 Å². The van der Waals surface area contributed by atoms with Crippen molar-refractivity contribution in [3.05, 3.63) is 60.2 Å². The van der Waals surface area contributed by atoms with Crippen molar-refractivity contribution in [3.63, 3.8) is 0 Å². The van der Waals surface area contributed by atoms with Gasteiger partial charge in [0.2, 0.25) is 5.91 Å². The summed E-state index contributed by atoms with van der Waals surface area (Å²) in [5.41, 5.74) is 5.99. The molecule has 2 aromatic rings. The Labute approximate surface area is 156 Å². The molecular weight excluding hydrogens is 352 g/mol. The van der Waals surface area contributed by atoms with Crippen molar-refractivity contribution >= 4 is 35.2 Å². The molecule has 3 N–H and O–H groups in total. The molecule has 7 heteroatoms. The van der Waals surface area contributed by atoms with E-state index in [0.717, 1.165) is 4.90 Å². The Bertz CT molecular complexity index is 778. The Balaban J connectivity index is 1.87. The molecule has 2 amide bonds. The fourth-order valence-electron chi connectivity index (χ4n) is 2.04. The predicted octanol–water partition coefficient (Wildman–Crippen LogP) is 2.84. The number of anilines is 1. The van der Waals surface area contributed by atoms with E-state index in [4.69, 9.17) is 10.5 Å². The normalized spacial score (nSPS) is 12.7. The molecule has 0 fully saturated rings. The molecule has 0 radical (unpaired) electrons. The number of esters is 1. The molecule has 0 aromatic heterocycles. The summed E-state index contributed by atoms with van der Waals surface area (Å²) in [4.78, 5) is 36.3. The molecule has 26 heavy (non-hydrogen) atoms. The third-order valence-corrected chi connectivity index (χ3v) is 4.58. The molecule has 0 bridgehead atoms. The van der Waals surface area contributed by atoms with Crippen molar-refractivity contribution in [2.75, 3.05) is 5.32 Å². The van der Waals surface area contributed by atoms with Crippen LogP contribution < -0.4 is 11.1 Å². The fraction of sp³-hybridized carbons (Fsp3) is 0.211. The number of benzene rings is 2. The maximum absolute atomic E-state index is 12.2. The summed E-state index contributed by atoms with van der Waals surface area (Å²) in [5, 5.41) is 2.18. The third kappa shape index (κ3) is 5.63. The van der Waals surface area contributed by atoms with Crippen LogP contribution in [-0.2, 0) is 14.3 Å². The van der Waals surface area contributed by atoms with Gasteiger partial charge in [0.1, 0.15) is 5.25 Å². The van der Waals surface area contributed by atoms with E-state index in [9.17, 15) is 14.4 Å². The van der Waals surface area contributed by atoms with Gasteiger partial charge in [0, 0.05) is 16.1 Å². The minimum absolute atomic E-state index is 0.342. The maximum Gasteiger partial charge on any atom is 0.319 e. The van der Waals surface area contributed by atoms with Crippen LogP contribution in [0.5, 0.6) is 0 Å². The van der Waals surface area contributed by atoms with E-state index >= 15 is 0 Å². The summed E-state index contributed by atoms with van der Waals surface area (Å²) in [7, 11) is 0. The molecule has 0 unspecified atom stereocenters.